The fourth-order valence-corrected chi connectivity index (χ4v) is 2.08. The summed E-state index contributed by atoms with van der Waals surface area (Å²) in [7, 11) is 0. The van der Waals surface area contributed by atoms with Gasteiger partial charge in [-0.15, -0.1) is 0 Å². The Kier molecular flexibility index (Phi) is 10.7. The molecule has 0 spiro atoms. The van der Waals surface area contributed by atoms with Crippen LogP contribution in [-0.4, -0.2) is 35.0 Å². The van der Waals surface area contributed by atoms with Gasteiger partial charge in [0.05, 0.1) is 5.92 Å². The summed E-state index contributed by atoms with van der Waals surface area (Å²) < 4.78 is 0. The van der Waals surface area contributed by atoms with Gasteiger partial charge in [-0.25, -0.2) is 0 Å². The molecule has 20 heavy (non-hydrogen) atoms. The molecular formula is C16H29NO3. The van der Waals surface area contributed by atoms with E-state index in [1.54, 1.807) is 4.90 Å². The number of aliphatic carboxylic acids is 1. The van der Waals surface area contributed by atoms with Crippen molar-refractivity contribution in [1.82, 2.24) is 4.90 Å². The van der Waals surface area contributed by atoms with Crippen LogP contribution in [0.2, 0.25) is 0 Å². The number of unbranched alkanes of at least 4 members (excludes halogenated alkanes) is 3. The lowest BCUT2D eigenvalue weighted by atomic mass is 10.00. The van der Waals surface area contributed by atoms with Gasteiger partial charge in [0.1, 0.15) is 0 Å². The minimum Gasteiger partial charge on any atom is -0.481 e. The van der Waals surface area contributed by atoms with E-state index in [1.165, 1.54) is 12.8 Å². The Hall–Kier alpha value is -1.32. The molecule has 1 amide bonds. The SMILES string of the molecule is CCCCC/C=C/CC(CC(=O)N(CC)CC)C(=O)O. The van der Waals surface area contributed by atoms with E-state index in [0.717, 1.165) is 12.8 Å². The summed E-state index contributed by atoms with van der Waals surface area (Å²) in [4.78, 5) is 24.8. The van der Waals surface area contributed by atoms with Crippen molar-refractivity contribution in [2.45, 2.75) is 59.3 Å². The first-order valence-corrected chi connectivity index (χ1v) is 7.72. The first-order valence-electron chi connectivity index (χ1n) is 7.72. The normalized spacial score (nSPS) is 12.6. The van der Waals surface area contributed by atoms with Crippen molar-refractivity contribution in [2.75, 3.05) is 13.1 Å². The zero-order valence-corrected chi connectivity index (χ0v) is 13.1. The molecule has 4 heteroatoms. The van der Waals surface area contributed by atoms with E-state index in [0.29, 0.717) is 19.5 Å². The zero-order valence-electron chi connectivity index (χ0n) is 13.1. The zero-order chi connectivity index (χ0) is 15.4. The van der Waals surface area contributed by atoms with Crippen LogP contribution in [0.5, 0.6) is 0 Å². The predicted octanol–water partition coefficient (Wildman–Crippen LogP) is 3.47. The lowest BCUT2D eigenvalue weighted by molar-refractivity contribution is -0.145. The van der Waals surface area contributed by atoms with Crippen LogP contribution in [0.25, 0.3) is 0 Å². The Morgan fingerprint density at radius 2 is 1.75 bits per heavy atom. The number of carbonyl (C=O) groups excluding carboxylic acids is 1. The molecule has 0 saturated heterocycles. The number of nitrogens with zero attached hydrogens (tertiary/aromatic N) is 1. The second kappa shape index (κ2) is 11.5. The number of allylic oxidation sites excluding steroid dienone is 2. The molecule has 0 radical (unpaired) electrons. The van der Waals surface area contributed by atoms with Crippen molar-refractivity contribution < 1.29 is 14.7 Å². The van der Waals surface area contributed by atoms with Gasteiger partial charge < -0.3 is 10.0 Å². The molecule has 0 aliphatic heterocycles. The van der Waals surface area contributed by atoms with E-state index in [9.17, 15) is 14.7 Å². The number of amides is 1. The van der Waals surface area contributed by atoms with Crippen LogP contribution >= 0.6 is 0 Å². The average Bonchev–Trinajstić information content (AvgIpc) is 2.42. The topological polar surface area (TPSA) is 57.6 Å². The molecule has 4 nitrogen and oxygen atoms in total. The maximum Gasteiger partial charge on any atom is 0.307 e. The maximum atomic E-state index is 11.9. The van der Waals surface area contributed by atoms with Gasteiger partial charge >= 0.3 is 5.97 Å². The third kappa shape index (κ3) is 7.97. The van der Waals surface area contributed by atoms with E-state index in [4.69, 9.17) is 0 Å². The van der Waals surface area contributed by atoms with Gasteiger partial charge in [-0.3, -0.25) is 9.59 Å². The molecule has 0 bridgehead atoms. The fourth-order valence-electron chi connectivity index (χ4n) is 2.08. The van der Waals surface area contributed by atoms with Gasteiger partial charge in [-0.1, -0.05) is 31.9 Å². The summed E-state index contributed by atoms with van der Waals surface area (Å²) in [5.74, 6) is -1.56. The molecule has 1 unspecified atom stereocenters. The number of carbonyl (C=O) groups is 2. The molecule has 0 aromatic heterocycles. The molecule has 116 valence electrons. The summed E-state index contributed by atoms with van der Waals surface area (Å²) in [6, 6.07) is 0. The van der Waals surface area contributed by atoms with E-state index in [-0.39, 0.29) is 12.3 Å². The minimum absolute atomic E-state index is 0.0678. The summed E-state index contributed by atoms with van der Waals surface area (Å²) in [5, 5.41) is 9.19. The molecule has 0 aliphatic rings. The van der Waals surface area contributed by atoms with Crippen molar-refractivity contribution in [2.24, 2.45) is 5.92 Å². The van der Waals surface area contributed by atoms with E-state index >= 15 is 0 Å². The summed E-state index contributed by atoms with van der Waals surface area (Å²) in [5.41, 5.74) is 0. The first-order chi connectivity index (χ1) is 9.56. The Labute approximate surface area is 122 Å². The van der Waals surface area contributed by atoms with E-state index in [1.807, 2.05) is 26.0 Å². The van der Waals surface area contributed by atoms with Crippen LogP contribution < -0.4 is 0 Å². The summed E-state index contributed by atoms with van der Waals surface area (Å²) in [6.07, 6.45) is 8.99. The average molecular weight is 283 g/mol. The standard InChI is InChI=1S/C16H29NO3/c1-4-7-8-9-10-11-12-14(16(19)20)13-15(18)17(5-2)6-3/h10-11,14H,4-9,12-13H2,1-3H3,(H,19,20)/b11-10+. The lowest BCUT2D eigenvalue weighted by Crippen LogP contribution is -2.33. The van der Waals surface area contributed by atoms with Gasteiger partial charge in [0.2, 0.25) is 5.91 Å². The number of hydrogen-bond acceptors (Lipinski definition) is 2. The summed E-state index contributed by atoms with van der Waals surface area (Å²) >= 11 is 0. The third-order valence-electron chi connectivity index (χ3n) is 3.45. The van der Waals surface area contributed by atoms with Crippen molar-refractivity contribution >= 4 is 11.9 Å². The maximum absolute atomic E-state index is 11.9. The quantitative estimate of drug-likeness (QED) is 0.466. The Bertz CT molecular complexity index is 309. The molecular weight excluding hydrogens is 254 g/mol. The molecule has 0 saturated carbocycles. The van der Waals surface area contributed by atoms with Crippen LogP contribution in [0.1, 0.15) is 59.3 Å². The van der Waals surface area contributed by atoms with Gasteiger partial charge in [0, 0.05) is 19.5 Å². The number of rotatable bonds is 11. The highest BCUT2D eigenvalue weighted by molar-refractivity contribution is 5.82. The number of hydrogen-bond donors (Lipinski definition) is 1. The van der Waals surface area contributed by atoms with Crippen molar-refractivity contribution in [3.05, 3.63) is 12.2 Å². The van der Waals surface area contributed by atoms with Gasteiger partial charge in [-0.2, -0.15) is 0 Å². The van der Waals surface area contributed by atoms with Crippen LogP contribution in [0.3, 0.4) is 0 Å². The van der Waals surface area contributed by atoms with E-state index < -0.39 is 11.9 Å². The van der Waals surface area contributed by atoms with Gasteiger partial charge in [-0.05, 0) is 33.1 Å². The second-order valence-corrected chi connectivity index (χ2v) is 5.01. The second-order valence-electron chi connectivity index (χ2n) is 5.01. The van der Waals surface area contributed by atoms with Crippen molar-refractivity contribution in [1.29, 1.82) is 0 Å². The van der Waals surface area contributed by atoms with Gasteiger partial charge in [0.15, 0.2) is 0 Å². The summed E-state index contributed by atoms with van der Waals surface area (Å²) in [6.45, 7) is 7.24. The highest BCUT2D eigenvalue weighted by Crippen LogP contribution is 2.13. The molecule has 0 aromatic carbocycles. The minimum atomic E-state index is -0.885. The molecule has 0 fully saturated rings. The highest BCUT2D eigenvalue weighted by atomic mass is 16.4. The molecule has 0 aliphatic carbocycles. The highest BCUT2D eigenvalue weighted by Gasteiger charge is 2.22. The Balaban J connectivity index is 4.23. The monoisotopic (exact) mass is 283 g/mol. The molecule has 0 rings (SSSR count). The molecule has 0 aromatic rings. The van der Waals surface area contributed by atoms with Gasteiger partial charge in [0.25, 0.3) is 0 Å². The smallest absolute Gasteiger partial charge is 0.307 e. The molecule has 1 N–H and O–H groups in total. The third-order valence-corrected chi connectivity index (χ3v) is 3.45. The van der Waals surface area contributed by atoms with Crippen LogP contribution in [0.15, 0.2) is 12.2 Å². The number of carboxylic acids is 1. The van der Waals surface area contributed by atoms with Crippen molar-refractivity contribution in [3.8, 4) is 0 Å². The molecule has 0 heterocycles. The number of carboxylic acid groups (broad SMARTS) is 1. The largest absolute Gasteiger partial charge is 0.481 e. The van der Waals surface area contributed by atoms with Crippen molar-refractivity contribution in [3.63, 3.8) is 0 Å². The molecule has 1 atom stereocenters. The fraction of sp³-hybridized carbons (Fsp3) is 0.750. The van der Waals surface area contributed by atoms with Crippen LogP contribution in [0, 0.1) is 5.92 Å². The Morgan fingerprint density at radius 1 is 1.10 bits per heavy atom. The first kappa shape index (κ1) is 18.7. The lowest BCUT2D eigenvalue weighted by Gasteiger charge is -2.20. The van der Waals surface area contributed by atoms with Crippen LogP contribution in [-0.2, 0) is 9.59 Å². The van der Waals surface area contributed by atoms with Crippen LogP contribution in [0.4, 0.5) is 0 Å². The van der Waals surface area contributed by atoms with E-state index in [2.05, 4.69) is 6.92 Å². The predicted molar refractivity (Wildman–Crippen MR) is 81.6 cm³/mol. The Morgan fingerprint density at radius 3 is 2.25 bits per heavy atom.